The van der Waals surface area contributed by atoms with E-state index in [0.29, 0.717) is 18.7 Å². The Morgan fingerprint density at radius 1 is 1.38 bits per heavy atom. The average molecular weight is 305 g/mol. The van der Waals surface area contributed by atoms with E-state index in [1.54, 1.807) is 4.90 Å². The first-order valence-electron chi connectivity index (χ1n) is 6.73. The standard InChI is InChI=1S/C15H15NO4S/c17-14(18)7-10-8-20-6-5-16(10)15(19)12-9-21-13-4-2-1-3-11(12)13/h1-4,9-10H,5-8H2,(H,17,18). The number of ether oxygens (including phenoxy) is 1. The molecule has 21 heavy (non-hydrogen) atoms. The molecule has 3 rings (SSSR count). The zero-order chi connectivity index (χ0) is 14.8. The molecule has 0 bridgehead atoms. The first-order chi connectivity index (χ1) is 10.2. The minimum absolute atomic E-state index is 0.0895. The van der Waals surface area contributed by atoms with E-state index >= 15 is 0 Å². The van der Waals surface area contributed by atoms with Crippen molar-refractivity contribution in [3.63, 3.8) is 0 Å². The number of aliphatic carboxylic acids is 1. The van der Waals surface area contributed by atoms with Crippen LogP contribution in [-0.4, -0.2) is 47.7 Å². The van der Waals surface area contributed by atoms with Gasteiger partial charge in [-0.3, -0.25) is 9.59 Å². The number of carboxylic acid groups (broad SMARTS) is 1. The molecular weight excluding hydrogens is 290 g/mol. The Balaban J connectivity index is 1.90. The van der Waals surface area contributed by atoms with Crippen molar-refractivity contribution in [2.24, 2.45) is 0 Å². The van der Waals surface area contributed by atoms with Gasteiger partial charge in [0.2, 0.25) is 0 Å². The fourth-order valence-corrected chi connectivity index (χ4v) is 3.53. The minimum Gasteiger partial charge on any atom is -0.481 e. The number of carboxylic acids is 1. The van der Waals surface area contributed by atoms with Crippen molar-refractivity contribution in [3.05, 3.63) is 35.2 Å². The van der Waals surface area contributed by atoms with Crippen LogP contribution in [0.15, 0.2) is 29.6 Å². The highest BCUT2D eigenvalue weighted by atomic mass is 32.1. The maximum atomic E-state index is 12.8. The first kappa shape index (κ1) is 14.0. The van der Waals surface area contributed by atoms with Crippen molar-refractivity contribution in [1.29, 1.82) is 0 Å². The number of rotatable bonds is 3. The van der Waals surface area contributed by atoms with Crippen LogP contribution < -0.4 is 0 Å². The highest BCUT2D eigenvalue weighted by molar-refractivity contribution is 7.17. The molecule has 1 aromatic heterocycles. The van der Waals surface area contributed by atoms with Gasteiger partial charge in [0.25, 0.3) is 5.91 Å². The van der Waals surface area contributed by atoms with Crippen LogP contribution in [0.4, 0.5) is 0 Å². The molecule has 1 aromatic carbocycles. The Labute approximate surface area is 125 Å². The van der Waals surface area contributed by atoms with Crippen LogP contribution >= 0.6 is 11.3 Å². The molecule has 1 fully saturated rings. The van der Waals surface area contributed by atoms with Gasteiger partial charge in [0.15, 0.2) is 0 Å². The molecule has 110 valence electrons. The summed E-state index contributed by atoms with van der Waals surface area (Å²) in [6, 6.07) is 7.34. The summed E-state index contributed by atoms with van der Waals surface area (Å²) in [7, 11) is 0. The van der Waals surface area contributed by atoms with Crippen LogP contribution in [0.5, 0.6) is 0 Å². The predicted molar refractivity (Wildman–Crippen MR) is 79.7 cm³/mol. The maximum absolute atomic E-state index is 12.8. The molecule has 1 N–H and O–H groups in total. The number of hydrogen-bond donors (Lipinski definition) is 1. The summed E-state index contributed by atoms with van der Waals surface area (Å²) in [4.78, 5) is 25.3. The van der Waals surface area contributed by atoms with Crippen molar-refractivity contribution in [2.75, 3.05) is 19.8 Å². The Hall–Kier alpha value is -1.92. The lowest BCUT2D eigenvalue weighted by molar-refractivity contribution is -0.139. The van der Waals surface area contributed by atoms with Crippen LogP contribution in [0.3, 0.4) is 0 Å². The molecule has 0 saturated carbocycles. The van der Waals surface area contributed by atoms with Gasteiger partial charge >= 0.3 is 5.97 Å². The summed E-state index contributed by atoms with van der Waals surface area (Å²) in [5.74, 6) is -1.03. The lowest BCUT2D eigenvalue weighted by Crippen LogP contribution is -2.49. The van der Waals surface area contributed by atoms with Crippen LogP contribution in [0.2, 0.25) is 0 Å². The molecule has 2 heterocycles. The SMILES string of the molecule is O=C(O)CC1COCCN1C(=O)c1csc2ccccc12. The number of hydrogen-bond acceptors (Lipinski definition) is 4. The molecule has 1 saturated heterocycles. The molecule has 2 aromatic rings. The number of fused-ring (bicyclic) bond motifs is 1. The van der Waals surface area contributed by atoms with Crippen molar-refractivity contribution >= 4 is 33.3 Å². The molecule has 6 heteroatoms. The minimum atomic E-state index is -0.918. The summed E-state index contributed by atoms with van der Waals surface area (Å²) in [6.45, 7) is 1.16. The molecule has 5 nitrogen and oxygen atoms in total. The normalized spacial score (nSPS) is 18.9. The van der Waals surface area contributed by atoms with E-state index in [4.69, 9.17) is 9.84 Å². The van der Waals surface area contributed by atoms with Gasteiger partial charge in [0.05, 0.1) is 31.2 Å². The van der Waals surface area contributed by atoms with Gasteiger partial charge in [-0.25, -0.2) is 0 Å². The molecule has 1 amide bonds. The zero-order valence-electron chi connectivity index (χ0n) is 11.3. The molecule has 1 aliphatic heterocycles. The lowest BCUT2D eigenvalue weighted by atomic mass is 10.1. The predicted octanol–water partition coefficient (Wildman–Crippen LogP) is 2.22. The summed E-state index contributed by atoms with van der Waals surface area (Å²) in [5.41, 5.74) is 0.646. The third-order valence-electron chi connectivity index (χ3n) is 3.61. The topological polar surface area (TPSA) is 66.8 Å². The Morgan fingerprint density at radius 3 is 3.00 bits per heavy atom. The van der Waals surface area contributed by atoms with Gasteiger partial charge in [-0.15, -0.1) is 11.3 Å². The highest BCUT2D eigenvalue weighted by Crippen LogP contribution is 2.28. The van der Waals surface area contributed by atoms with E-state index in [9.17, 15) is 9.59 Å². The Morgan fingerprint density at radius 2 is 2.19 bits per heavy atom. The Bertz CT molecular complexity index is 681. The number of benzene rings is 1. The maximum Gasteiger partial charge on any atom is 0.305 e. The van der Waals surface area contributed by atoms with E-state index in [1.165, 1.54) is 11.3 Å². The summed E-state index contributed by atoms with van der Waals surface area (Å²) >= 11 is 1.53. The molecule has 1 atom stereocenters. The number of amides is 1. The second-order valence-electron chi connectivity index (χ2n) is 4.97. The third kappa shape index (κ3) is 2.77. The number of nitrogens with zero attached hydrogens (tertiary/aromatic N) is 1. The second kappa shape index (κ2) is 5.83. The first-order valence-corrected chi connectivity index (χ1v) is 7.61. The third-order valence-corrected chi connectivity index (χ3v) is 4.57. The van der Waals surface area contributed by atoms with Gasteiger partial charge in [0, 0.05) is 22.0 Å². The van der Waals surface area contributed by atoms with E-state index in [0.717, 1.165) is 10.1 Å². The molecular formula is C15H15NO4S. The van der Waals surface area contributed by atoms with E-state index in [1.807, 2.05) is 29.6 Å². The van der Waals surface area contributed by atoms with Crippen molar-refractivity contribution in [1.82, 2.24) is 4.90 Å². The summed E-state index contributed by atoms with van der Waals surface area (Å²) < 4.78 is 6.37. The zero-order valence-corrected chi connectivity index (χ0v) is 12.1. The monoisotopic (exact) mass is 305 g/mol. The van der Waals surface area contributed by atoms with Crippen molar-refractivity contribution in [2.45, 2.75) is 12.5 Å². The van der Waals surface area contributed by atoms with E-state index in [2.05, 4.69) is 0 Å². The van der Waals surface area contributed by atoms with Crippen molar-refractivity contribution < 1.29 is 19.4 Å². The quantitative estimate of drug-likeness (QED) is 0.944. The molecule has 1 aliphatic rings. The fourth-order valence-electron chi connectivity index (χ4n) is 2.59. The molecule has 0 radical (unpaired) electrons. The van der Waals surface area contributed by atoms with E-state index in [-0.39, 0.29) is 18.9 Å². The molecule has 0 spiro atoms. The van der Waals surface area contributed by atoms with Crippen LogP contribution in [0.1, 0.15) is 16.8 Å². The van der Waals surface area contributed by atoms with Crippen LogP contribution in [0.25, 0.3) is 10.1 Å². The summed E-state index contributed by atoms with van der Waals surface area (Å²) in [6.07, 6.45) is -0.0895. The highest BCUT2D eigenvalue weighted by Gasteiger charge is 2.30. The van der Waals surface area contributed by atoms with Gasteiger partial charge in [0.1, 0.15) is 0 Å². The molecule has 1 unspecified atom stereocenters. The summed E-state index contributed by atoms with van der Waals surface area (Å²) in [5, 5.41) is 11.7. The second-order valence-corrected chi connectivity index (χ2v) is 5.88. The largest absolute Gasteiger partial charge is 0.481 e. The van der Waals surface area contributed by atoms with E-state index < -0.39 is 12.0 Å². The number of carbonyl (C=O) groups excluding carboxylic acids is 1. The Kier molecular flexibility index (Phi) is 3.90. The number of morpholine rings is 1. The number of carbonyl (C=O) groups is 2. The van der Waals surface area contributed by atoms with Gasteiger partial charge < -0.3 is 14.7 Å². The fraction of sp³-hybridized carbons (Fsp3) is 0.333. The average Bonchev–Trinajstić information content (AvgIpc) is 2.90. The molecule has 0 aliphatic carbocycles. The number of thiophene rings is 1. The van der Waals surface area contributed by atoms with Gasteiger partial charge in [-0.2, -0.15) is 0 Å². The smallest absolute Gasteiger partial charge is 0.305 e. The van der Waals surface area contributed by atoms with Crippen LogP contribution in [0, 0.1) is 0 Å². The van der Waals surface area contributed by atoms with Gasteiger partial charge in [-0.05, 0) is 6.07 Å². The van der Waals surface area contributed by atoms with Crippen molar-refractivity contribution in [3.8, 4) is 0 Å². The van der Waals surface area contributed by atoms with Crippen LogP contribution in [-0.2, 0) is 9.53 Å². The van der Waals surface area contributed by atoms with Gasteiger partial charge in [-0.1, -0.05) is 18.2 Å². The lowest BCUT2D eigenvalue weighted by Gasteiger charge is -2.34.